The third-order valence-electron chi connectivity index (χ3n) is 3.82. The molecule has 2 aromatic carbocycles. The maximum atomic E-state index is 5.76. The second-order valence-corrected chi connectivity index (χ2v) is 5.82. The summed E-state index contributed by atoms with van der Waals surface area (Å²) in [6.45, 7) is 5.68. The lowest BCUT2D eigenvalue weighted by Crippen LogP contribution is -2.37. The molecular formula is C21H29N3O2. The van der Waals surface area contributed by atoms with Crippen molar-refractivity contribution in [1.82, 2.24) is 10.6 Å². The molecule has 2 rings (SSSR count). The number of nitrogens with zero attached hydrogens (tertiary/aromatic N) is 1. The Morgan fingerprint density at radius 3 is 2.38 bits per heavy atom. The number of benzene rings is 2. The maximum absolute atomic E-state index is 5.76. The van der Waals surface area contributed by atoms with Gasteiger partial charge in [-0.3, -0.25) is 4.99 Å². The number of rotatable bonds is 10. The molecule has 5 nitrogen and oxygen atoms in total. The standard InChI is InChI=1S/C21H29N3O2/c1-3-25-15-7-14-23-21(22-2)24-16-18-10-12-19(13-11-18)17-26-20-8-5-4-6-9-20/h4-6,8-13H,3,7,14-17H2,1-2H3,(H2,22,23,24). The van der Waals surface area contributed by atoms with Crippen molar-refractivity contribution < 1.29 is 9.47 Å². The van der Waals surface area contributed by atoms with Crippen molar-refractivity contribution in [1.29, 1.82) is 0 Å². The van der Waals surface area contributed by atoms with Gasteiger partial charge in [0, 0.05) is 33.4 Å². The van der Waals surface area contributed by atoms with E-state index in [0.717, 1.165) is 50.0 Å². The Morgan fingerprint density at radius 1 is 0.962 bits per heavy atom. The van der Waals surface area contributed by atoms with Gasteiger partial charge in [-0.25, -0.2) is 0 Å². The molecule has 0 aliphatic rings. The highest BCUT2D eigenvalue weighted by Crippen LogP contribution is 2.12. The lowest BCUT2D eigenvalue weighted by Gasteiger charge is -2.12. The highest BCUT2D eigenvalue weighted by Gasteiger charge is 2.00. The van der Waals surface area contributed by atoms with Crippen LogP contribution in [0, 0.1) is 0 Å². The molecule has 0 amide bonds. The van der Waals surface area contributed by atoms with Gasteiger partial charge in [-0.2, -0.15) is 0 Å². The first-order valence-electron chi connectivity index (χ1n) is 9.09. The van der Waals surface area contributed by atoms with Gasteiger partial charge in [0.2, 0.25) is 0 Å². The van der Waals surface area contributed by atoms with Crippen LogP contribution < -0.4 is 15.4 Å². The molecule has 0 aliphatic heterocycles. The normalized spacial score (nSPS) is 11.2. The van der Waals surface area contributed by atoms with E-state index in [4.69, 9.17) is 9.47 Å². The molecule has 2 N–H and O–H groups in total. The Labute approximate surface area is 156 Å². The van der Waals surface area contributed by atoms with Crippen LogP contribution in [-0.2, 0) is 17.9 Å². The van der Waals surface area contributed by atoms with Crippen molar-refractivity contribution in [2.24, 2.45) is 4.99 Å². The largest absolute Gasteiger partial charge is 0.489 e. The molecule has 0 aliphatic carbocycles. The van der Waals surface area contributed by atoms with Gasteiger partial charge in [0.15, 0.2) is 5.96 Å². The van der Waals surface area contributed by atoms with Crippen LogP contribution in [0.25, 0.3) is 0 Å². The van der Waals surface area contributed by atoms with Crippen molar-refractivity contribution >= 4 is 5.96 Å². The van der Waals surface area contributed by atoms with Crippen molar-refractivity contribution in [2.75, 3.05) is 26.8 Å². The van der Waals surface area contributed by atoms with Crippen LogP contribution in [0.3, 0.4) is 0 Å². The molecule has 0 saturated heterocycles. The number of para-hydroxylation sites is 1. The van der Waals surface area contributed by atoms with Crippen LogP contribution in [0.1, 0.15) is 24.5 Å². The highest BCUT2D eigenvalue weighted by atomic mass is 16.5. The molecule has 0 atom stereocenters. The summed E-state index contributed by atoms with van der Waals surface area (Å²) in [5.41, 5.74) is 2.35. The molecule has 2 aromatic rings. The fourth-order valence-corrected chi connectivity index (χ4v) is 2.37. The van der Waals surface area contributed by atoms with Crippen molar-refractivity contribution in [3.8, 4) is 5.75 Å². The average molecular weight is 355 g/mol. The van der Waals surface area contributed by atoms with Crippen LogP contribution in [0.5, 0.6) is 5.75 Å². The molecule has 0 unspecified atom stereocenters. The molecule has 0 saturated carbocycles. The SMILES string of the molecule is CCOCCCNC(=NC)NCc1ccc(COc2ccccc2)cc1. The fourth-order valence-electron chi connectivity index (χ4n) is 2.37. The number of hydrogen-bond donors (Lipinski definition) is 2. The Hall–Kier alpha value is -2.53. The number of ether oxygens (including phenoxy) is 2. The van der Waals surface area contributed by atoms with Gasteiger partial charge in [-0.15, -0.1) is 0 Å². The molecule has 26 heavy (non-hydrogen) atoms. The molecule has 0 spiro atoms. The summed E-state index contributed by atoms with van der Waals surface area (Å²) in [6.07, 6.45) is 0.963. The van der Waals surface area contributed by atoms with Crippen LogP contribution in [0.4, 0.5) is 0 Å². The third kappa shape index (κ3) is 7.57. The summed E-state index contributed by atoms with van der Waals surface area (Å²) in [6, 6.07) is 18.3. The summed E-state index contributed by atoms with van der Waals surface area (Å²) in [5.74, 6) is 1.69. The van der Waals surface area contributed by atoms with Crippen molar-refractivity contribution in [2.45, 2.75) is 26.5 Å². The van der Waals surface area contributed by atoms with E-state index in [2.05, 4.69) is 39.9 Å². The minimum Gasteiger partial charge on any atom is -0.489 e. The van der Waals surface area contributed by atoms with E-state index < -0.39 is 0 Å². The molecule has 0 heterocycles. The zero-order chi connectivity index (χ0) is 18.5. The van der Waals surface area contributed by atoms with Gasteiger partial charge in [0.05, 0.1) is 0 Å². The topological polar surface area (TPSA) is 54.9 Å². The van der Waals surface area contributed by atoms with Gasteiger partial charge in [-0.1, -0.05) is 42.5 Å². The first-order chi connectivity index (χ1) is 12.8. The molecule has 140 valence electrons. The lowest BCUT2D eigenvalue weighted by molar-refractivity contribution is 0.145. The summed E-state index contributed by atoms with van der Waals surface area (Å²) >= 11 is 0. The molecule has 0 radical (unpaired) electrons. The summed E-state index contributed by atoms with van der Waals surface area (Å²) in [5, 5.41) is 6.61. The van der Waals surface area contributed by atoms with E-state index in [0.29, 0.717) is 6.61 Å². The van der Waals surface area contributed by atoms with Gasteiger partial charge in [0.1, 0.15) is 12.4 Å². The van der Waals surface area contributed by atoms with Crippen LogP contribution in [0.2, 0.25) is 0 Å². The van der Waals surface area contributed by atoms with E-state index in [-0.39, 0.29) is 0 Å². The smallest absolute Gasteiger partial charge is 0.191 e. The summed E-state index contributed by atoms with van der Waals surface area (Å²) < 4.78 is 11.1. The van der Waals surface area contributed by atoms with E-state index in [1.807, 2.05) is 37.3 Å². The average Bonchev–Trinajstić information content (AvgIpc) is 2.70. The van der Waals surface area contributed by atoms with E-state index in [1.54, 1.807) is 7.05 Å². The Bertz CT molecular complexity index is 642. The Balaban J connectivity index is 1.70. The molecular weight excluding hydrogens is 326 g/mol. The molecule has 5 heteroatoms. The quantitative estimate of drug-likeness (QED) is 0.390. The number of nitrogens with one attached hydrogen (secondary N) is 2. The lowest BCUT2D eigenvalue weighted by atomic mass is 10.1. The van der Waals surface area contributed by atoms with Gasteiger partial charge in [-0.05, 0) is 36.6 Å². The van der Waals surface area contributed by atoms with Gasteiger partial charge >= 0.3 is 0 Å². The second-order valence-electron chi connectivity index (χ2n) is 5.82. The fraction of sp³-hybridized carbons (Fsp3) is 0.381. The predicted molar refractivity (Wildman–Crippen MR) is 107 cm³/mol. The van der Waals surface area contributed by atoms with Crippen molar-refractivity contribution in [3.05, 3.63) is 65.7 Å². The molecule has 0 aromatic heterocycles. The zero-order valence-corrected chi connectivity index (χ0v) is 15.7. The van der Waals surface area contributed by atoms with Gasteiger partial charge in [0.25, 0.3) is 0 Å². The zero-order valence-electron chi connectivity index (χ0n) is 15.7. The summed E-state index contributed by atoms with van der Waals surface area (Å²) in [7, 11) is 1.78. The minimum absolute atomic E-state index is 0.570. The van der Waals surface area contributed by atoms with Crippen LogP contribution in [0.15, 0.2) is 59.6 Å². The minimum atomic E-state index is 0.570. The highest BCUT2D eigenvalue weighted by molar-refractivity contribution is 5.79. The number of guanidine groups is 1. The van der Waals surface area contributed by atoms with Crippen molar-refractivity contribution in [3.63, 3.8) is 0 Å². The van der Waals surface area contributed by atoms with E-state index >= 15 is 0 Å². The number of aliphatic imine (C=N–C) groups is 1. The Kier molecular flexibility index (Phi) is 9.08. The second kappa shape index (κ2) is 11.9. The number of hydrogen-bond acceptors (Lipinski definition) is 3. The monoisotopic (exact) mass is 355 g/mol. The molecule has 0 fully saturated rings. The third-order valence-corrected chi connectivity index (χ3v) is 3.82. The molecule has 0 bridgehead atoms. The summed E-state index contributed by atoms with van der Waals surface area (Å²) in [4.78, 5) is 4.24. The van der Waals surface area contributed by atoms with Crippen LogP contribution >= 0.6 is 0 Å². The maximum Gasteiger partial charge on any atom is 0.191 e. The van der Waals surface area contributed by atoms with E-state index in [9.17, 15) is 0 Å². The predicted octanol–water partition coefficient (Wildman–Crippen LogP) is 3.36. The first kappa shape index (κ1) is 19.8. The van der Waals surface area contributed by atoms with E-state index in [1.165, 1.54) is 5.56 Å². The van der Waals surface area contributed by atoms with Gasteiger partial charge < -0.3 is 20.1 Å². The Morgan fingerprint density at radius 2 is 1.69 bits per heavy atom. The van der Waals surface area contributed by atoms with Crippen LogP contribution in [-0.4, -0.2) is 32.8 Å². The first-order valence-corrected chi connectivity index (χ1v) is 9.09.